The summed E-state index contributed by atoms with van der Waals surface area (Å²) in [5.74, 6) is 2.61. The molecule has 4 aromatic heterocycles. The number of aryl methyl sites for hydroxylation is 1. The number of H-pyrrole nitrogens is 1. The van der Waals surface area contributed by atoms with Crippen LogP contribution in [0.4, 0.5) is 5.95 Å². The molecule has 1 fully saturated rings. The maximum Gasteiger partial charge on any atom is 0.439 e. The Hall–Kier alpha value is -4.47. The van der Waals surface area contributed by atoms with Gasteiger partial charge in [-0.1, -0.05) is 37.1 Å². The number of hydrogen-bond acceptors (Lipinski definition) is 8. The van der Waals surface area contributed by atoms with Crippen molar-refractivity contribution >= 4 is 17.0 Å². The summed E-state index contributed by atoms with van der Waals surface area (Å²) >= 11 is 0. The molecular weight excluding hydrogens is 494 g/mol. The number of pyridine rings is 2. The summed E-state index contributed by atoms with van der Waals surface area (Å²) < 4.78 is 12.9. The minimum atomic E-state index is -0.630. The lowest BCUT2D eigenvalue weighted by Crippen LogP contribution is -2.35. The molecule has 198 valence electrons. The second kappa shape index (κ2) is 9.37. The molecule has 0 aromatic carbocycles. The third-order valence-electron chi connectivity index (χ3n) is 7.91. The highest BCUT2D eigenvalue weighted by Crippen LogP contribution is 2.38. The predicted molar refractivity (Wildman–Crippen MR) is 146 cm³/mol. The van der Waals surface area contributed by atoms with E-state index >= 15 is 0 Å². The van der Waals surface area contributed by atoms with E-state index in [1.165, 1.54) is 25.7 Å². The van der Waals surface area contributed by atoms with Crippen molar-refractivity contribution in [2.75, 3.05) is 4.90 Å². The van der Waals surface area contributed by atoms with Crippen LogP contribution in [-0.4, -0.2) is 35.7 Å². The van der Waals surface area contributed by atoms with Gasteiger partial charge in [0, 0.05) is 30.7 Å². The van der Waals surface area contributed by atoms with E-state index in [2.05, 4.69) is 43.7 Å². The number of aromatic nitrogens is 6. The normalized spacial score (nSPS) is 22.3. The zero-order chi connectivity index (χ0) is 26.5. The molecule has 3 aliphatic rings. The molecule has 10 nitrogen and oxygen atoms in total. The number of imidazole rings is 1. The lowest BCUT2D eigenvalue weighted by molar-refractivity contribution is 0.266. The quantitative estimate of drug-likeness (QED) is 0.384. The molecule has 4 aromatic rings. The molecule has 1 N–H and O–H groups in total. The van der Waals surface area contributed by atoms with Gasteiger partial charge < -0.3 is 14.2 Å². The highest BCUT2D eigenvalue weighted by Gasteiger charge is 2.32. The summed E-state index contributed by atoms with van der Waals surface area (Å²) in [4.78, 5) is 31.2. The number of aromatic amines is 1. The van der Waals surface area contributed by atoms with E-state index < -0.39 is 5.76 Å². The summed E-state index contributed by atoms with van der Waals surface area (Å²) in [6.07, 6.45) is 18.2. The van der Waals surface area contributed by atoms with Crippen LogP contribution in [0, 0.1) is 18.8 Å². The van der Waals surface area contributed by atoms with Crippen LogP contribution in [-0.2, 0) is 11.3 Å². The largest absolute Gasteiger partial charge is 0.465 e. The molecule has 0 amide bonds. The molecule has 0 spiro atoms. The standard InChI is InChI=1S/C29H29N7O3/c1-17-6-8-19(9-7-17)16-36-26-21(32-28(36)35-10-11-38-24-5-3-4-23(24)35)13-22(27-33-29(37)39-34-27)31-25(26)20-12-18(2)14-30-15-20/h3-5,10-15,17,19,23H,6-9,16H2,1-2H3,(H,33,34,37)/t17-,19-,23-/m0/s1. The summed E-state index contributed by atoms with van der Waals surface area (Å²) in [5.41, 5.74) is 4.80. The van der Waals surface area contributed by atoms with E-state index in [0.29, 0.717) is 11.6 Å². The zero-order valence-electron chi connectivity index (χ0n) is 21.9. The smallest absolute Gasteiger partial charge is 0.439 e. The van der Waals surface area contributed by atoms with Crippen LogP contribution in [0.25, 0.3) is 33.8 Å². The number of ether oxygens (including phenoxy) is 1. The van der Waals surface area contributed by atoms with E-state index in [4.69, 9.17) is 19.2 Å². The first-order valence-corrected chi connectivity index (χ1v) is 13.4. The summed E-state index contributed by atoms with van der Waals surface area (Å²) in [5, 5.41) is 3.90. The molecule has 0 bridgehead atoms. The van der Waals surface area contributed by atoms with Gasteiger partial charge >= 0.3 is 5.76 Å². The van der Waals surface area contributed by atoms with Crippen molar-refractivity contribution in [3.63, 3.8) is 0 Å². The molecular formula is C29H29N7O3. The second-order valence-electron chi connectivity index (χ2n) is 10.8. The van der Waals surface area contributed by atoms with Gasteiger partial charge in [-0.2, -0.15) is 0 Å². The predicted octanol–water partition coefficient (Wildman–Crippen LogP) is 5.10. The number of rotatable bonds is 5. The minimum absolute atomic E-state index is 0.0691. The fourth-order valence-corrected chi connectivity index (χ4v) is 5.88. The molecule has 0 saturated heterocycles. The van der Waals surface area contributed by atoms with Gasteiger partial charge in [0.25, 0.3) is 0 Å². The number of nitrogens with zero attached hydrogens (tertiary/aromatic N) is 6. The number of anilines is 1. The van der Waals surface area contributed by atoms with Crippen molar-refractivity contribution in [2.24, 2.45) is 11.8 Å². The van der Waals surface area contributed by atoms with Gasteiger partial charge in [0.1, 0.15) is 23.8 Å². The Morgan fingerprint density at radius 3 is 2.79 bits per heavy atom. The Balaban J connectivity index is 1.47. The molecule has 5 heterocycles. The first kappa shape index (κ1) is 23.6. The Morgan fingerprint density at radius 1 is 1.13 bits per heavy atom. The average molecular weight is 524 g/mol. The fraction of sp³-hybridized carbons (Fsp3) is 0.345. The third-order valence-corrected chi connectivity index (χ3v) is 7.91. The molecule has 1 saturated carbocycles. The van der Waals surface area contributed by atoms with Crippen LogP contribution in [0.2, 0.25) is 0 Å². The molecule has 1 atom stereocenters. The second-order valence-corrected chi connectivity index (χ2v) is 10.8. The van der Waals surface area contributed by atoms with Gasteiger partial charge in [-0.05, 0) is 55.4 Å². The van der Waals surface area contributed by atoms with Gasteiger partial charge in [0.2, 0.25) is 11.8 Å². The number of allylic oxidation sites excluding steroid dienone is 2. The van der Waals surface area contributed by atoms with Crippen molar-refractivity contribution in [3.05, 3.63) is 77.1 Å². The molecule has 0 radical (unpaired) electrons. The van der Waals surface area contributed by atoms with Gasteiger partial charge in [-0.15, -0.1) is 0 Å². The number of hydrogen-bond donors (Lipinski definition) is 1. The Labute approximate surface area is 224 Å². The molecule has 10 heteroatoms. The summed E-state index contributed by atoms with van der Waals surface area (Å²) in [6.45, 7) is 5.18. The van der Waals surface area contributed by atoms with Crippen molar-refractivity contribution in [1.29, 1.82) is 0 Å². The van der Waals surface area contributed by atoms with Crippen molar-refractivity contribution in [1.82, 2.24) is 29.7 Å². The fourth-order valence-electron chi connectivity index (χ4n) is 5.88. The van der Waals surface area contributed by atoms with Crippen LogP contribution in [0.1, 0.15) is 38.2 Å². The lowest BCUT2D eigenvalue weighted by atomic mass is 9.83. The Kier molecular flexibility index (Phi) is 5.68. The van der Waals surface area contributed by atoms with Crippen molar-refractivity contribution in [3.8, 4) is 22.8 Å². The van der Waals surface area contributed by atoms with E-state index in [1.54, 1.807) is 6.26 Å². The van der Waals surface area contributed by atoms with Gasteiger partial charge in [0.15, 0.2) is 0 Å². The van der Waals surface area contributed by atoms with Crippen LogP contribution >= 0.6 is 0 Å². The summed E-state index contributed by atoms with van der Waals surface area (Å²) in [6, 6.07) is 3.86. The Bertz CT molecular complexity index is 1700. The van der Waals surface area contributed by atoms with Crippen molar-refractivity contribution < 1.29 is 9.26 Å². The van der Waals surface area contributed by atoms with E-state index in [0.717, 1.165) is 52.0 Å². The molecule has 0 unspecified atom stereocenters. The van der Waals surface area contributed by atoms with Gasteiger partial charge in [0.05, 0.1) is 16.7 Å². The van der Waals surface area contributed by atoms with E-state index in [9.17, 15) is 4.79 Å². The zero-order valence-corrected chi connectivity index (χ0v) is 21.9. The lowest BCUT2D eigenvalue weighted by Gasteiger charge is -2.32. The van der Waals surface area contributed by atoms with E-state index in [-0.39, 0.29) is 11.9 Å². The summed E-state index contributed by atoms with van der Waals surface area (Å²) in [7, 11) is 0. The van der Waals surface area contributed by atoms with Crippen molar-refractivity contribution in [2.45, 2.75) is 52.1 Å². The number of nitrogens with one attached hydrogen (secondary N) is 1. The monoisotopic (exact) mass is 523 g/mol. The minimum Gasteiger partial charge on any atom is -0.465 e. The molecule has 7 rings (SSSR count). The highest BCUT2D eigenvalue weighted by molar-refractivity contribution is 5.94. The molecule has 39 heavy (non-hydrogen) atoms. The van der Waals surface area contributed by atoms with Crippen LogP contribution in [0.5, 0.6) is 0 Å². The molecule has 2 aliphatic carbocycles. The van der Waals surface area contributed by atoms with Crippen LogP contribution in [0.15, 0.2) is 70.3 Å². The van der Waals surface area contributed by atoms with E-state index in [1.807, 2.05) is 43.7 Å². The maximum atomic E-state index is 11.8. The third kappa shape index (κ3) is 4.25. The average Bonchev–Trinajstić information content (AvgIpc) is 3.68. The molecule has 1 aliphatic heterocycles. The SMILES string of the molecule is Cc1cncc(-c2nc(-c3noc(=O)[nH]3)cc3nc(N4C=COC5=CC=C[C@@H]54)n(C[C@H]4CC[C@H](C)CC4)c23)c1. The number of fused-ring (bicyclic) bond motifs is 2. The maximum absolute atomic E-state index is 11.8. The van der Waals surface area contributed by atoms with Crippen LogP contribution < -0.4 is 10.7 Å². The van der Waals surface area contributed by atoms with Gasteiger partial charge in [-0.3, -0.25) is 14.5 Å². The first-order chi connectivity index (χ1) is 19.0. The Morgan fingerprint density at radius 2 is 2.00 bits per heavy atom. The highest BCUT2D eigenvalue weighted by atomic mass is 16.5. The first-order valence-electron chi connectivity index (χ1n) is 13.4. The topological polar surface area (TPSA) is 115 Å². The van der Waals surface area contributed by atoms with Crippen LogP contribution in [0.3, 0.4) is 0 Å². The van der Waals surface area contributed by atoms with Gasteiger partial charge in [-0.25, -0.2) is 14.8 Å².